The second-order valence-electron chi connectivity index (χ2n) is 4.68. The highest BCUT2D eigenvalue weighted by atomic mass is 16.4. The predicted molar refractivity (Wildman–Crippen MR) is 64.9 cm³/mol. The van der Waals surface area contributed by atoms with Crippen molar-refractivity contribution >= 4 is 5.97 Å². The second kappa shape index (κ2) is 5.33. The number of carboxylic acids is 1. The van der Waals surface area contributed by atoms with E-state index in [0.717, 1.165) is 38.4 Å². The van der Waals surface area contributed by atoms with Gasteiger partial charge in [0.2, 0.25) is 0 Å². The molecule has 5 nitrogen and oxygen atoms in total. The van der Waals surface area contributed by atoms with Crippen LogP contribution < -0.4 is 0 Å². The van der Waals surface area contributed by atoms with Crippen molar-refractivity contribution in [1.29, 1.82) is 0 Å². The van der Waals surface area contributed by atoms with Crippen LogP contribution in [0.15, 0.2) is 12.3 Å². The quantitative estimate of drug-likeness (QED) is 0.795. The fourth-order valence-electron chi connectivity index (χ4n) is 2.11. The number of likely N-dealkylation sites (N-methyl/N-ethyl adjacent to an activating group) is 1. The molecule has 1 aromatic rings. The van der Waals surface area contributed by atoms with Crippen molar-refractivity contribution in [2.75, 3.05) is 33.2 Å². The van der Waals surface area contributed by atoms with Gasteiger partial charge in [0, 0.05) is 44.6 Å². The van der Waals surface area contributed by atoms with Gasteiger partial charge in [0.25, 0.3) is 0 Å². The van der Waals surface area contributed by atoms with Crippen LogP contribution in [0.3, 0.4) is 0 Å². The zero-order valence-corrected chi connectivity index (χ0v) is 10.1. The number of aliphatic carboxylic acids is 1. The number of hydrogen-bond donors (Lipinski definition) is 2. The van der Waals surface area contributed by atoms with Crippen LogP contribution in [0.2, 0.25) is 0 Å². The molecule has 2 heterocycles. The van der Waals surface area contributed by atoms with Crippen molar-refractivity contribution < 1.29 is 9.90 Å². The number of rotatable bonds is 4. The highest BCUT2D eigenvalue weighted by Gasteiger charge is 2.14. The van der Waals surface area contributed by atoms with Crippen LogP contribution in [-0.2, 0) is 17.8 Å². The molecule has 0 saturated carbocycles. The molecule has 1 aliphatic heterocycles. The minimum absolute atomic E-state index is 0.0722. The van der Waals surface area contributed by atoms with Crippen molar-refractivity contribution in [2.45, 2.75) is 13.0 Å². The molecule has 17 heavy (non-hydrogen) atoms. The van der Waals surface area contributed by atoms with E-state index in [1.165, 1.54) is 5.56 Å². The average Bonchev–Trinajstić information content (AvgIpc) is 2.68. The van der Waals surface area contributed by atoms with E-state index in [9.17, 15) is 4.79 Å². The van der Waals surface area contributed by atoms with Gasteiger partial charge in [-0.1, -0.05) is 0 Å². The Kier molecular flexibility index (Phi) is 3.81. The Morgan fingerprint density at radius 3 is 2.76 bits per heavy atom. The van der Waals surface area contributed by atoms with E-state index in [1.807, 2.05) is 12.3 Å². The molecular weight excluding hydrogens is 218 g/mol. The minimum atomic E-state index is -0.794. The van der Waals surface area contributed by atoms with Gasteiger partial charge in [0.05, 0.1) is 6.42 Å². The predicted octanol–water partition coefficient (Wildman–Crippen LogP) is 0.389. The Hall–Kier alpha value is -1.33. The first-order valence-electron chi connectivity index (χ1n) is 5.92. The first kappa shape index (κ1) is 12.1. The molecule has 0 radical (unpaired) electrons. The number of piperazine rings is 1. The summed E-state index contributed by atoms with van der Waals surface area (Å²) >= 11 is 0. The van der Waals surface area contributed by atoms with Gasteiger partial charge in [0.1, 0.15) is 0 Å². The first-order valence-corrected chi connectivity index (χ1v) is 5.92. The molecule has 1 fully saturated rings. The average molecular weight is 237 g/mol. The third kappa shape index (κ3) is 3.57. The summed E-state index contributed by atoms with van der Waals surface area (Å²) in [5.74, 6) is -0.794. The summed E-state index contributed by atoms with van der Waals surface area (Å²) in [5, 5.41) is 8.69. The van der Waals surface area contributed by atoms with Gasteiger partial charge in [-0.2, -0.15) is 0 Å². The number of carbonyl (C=O) groups is 1. The standard InChI is InChI=1S/C12H19N3O2/c1-14-2-4-15(5-3-14)9-10-6-11(13-8-10)7-12(16)17/h6,8,13H,2-5,7,9H2,1H3,(H,16,17). The van der Waals surface area contributed by atoms with E-state index in [0.29, 0.717) is 0 Å². The van der Waals surface area contributed by atoms with Gasteiger partial charge in [-0.15, -0.1) is 0 Å². The van der Waals surface area contributed by atoms with Crippen LogP contribution in [0.5, 0.6) is 0 Å². The van der Waals surface area contributed by atoms with Crippen LogP contribution in [0, 0.1) is 0 Å². The molecule has 2 N–H and O–H groups in total. The van der Waals surface area contributed by atoms with E-state index in [1.54, 1.807) is 0 Å². The van der Waals surface area contributed by atoms with Crippen LogP contribution in [-0.4, -0.2) is 59.1 Å². The van der Waals surface area contributed by atoms with E-state index >= 15 is 0 Å². The zero-order chi connectivity index (χ0) is 12.3. The largest absolute Gasteiger partial charge is 0.481 e. The second-order valence-corrected chi connectivity index (χ2v) is 4.68. The van der Waals surface area contributed by atoms with Crippen molar-refractivity contribution in [3.05, 3.63) is 23.5 Å². The molecule has 0 atom stereocenters. The topological polar surface area (TPSA) is 59.6 Å². The van der Waals surface area contributed by atoms with E-state index in [4.69, 9.17) is 5.11 Å². The maximum absolute atomic E-state index is 10.6. The highest BCUT2D eigenvalue weighted by molar-refractivity contribution is 5.69. The molecule has 94 valence electrons. The van der Waals surface area contributed by atoms with E-state index in [-0.39, 0.29) is 6.42 Å². The molecule has 1 aromatic heterocycles. The fraction of sp³-hybridized carbons (Fsp3) is 0.583. The summed E-state index contributed by atoms with van der Waals surface area (Å²) in [6, 6.07) is 1.95. The zero-order valence-electron chi connectivity index (χ0n) is 10.1. The van der Waals surface area contributed by atoms with Gasteiger partial charge in [-0.25, -0.2) is 0 Å². The lowest BCUT2D eigenvalue weighted by molar-refractivity contribution is -0.136. The lowest BCUT2D eigenvalue weighted by atomic mass is 10.2. The highest BCUT2D eigenvalue weighted by Crippen LogP contribution is 2.10. The monoisotopic (exact) mass is 237 g/mol. The summed E-state index contributed by atoms with van der Waals surface area (Å²) in [7, 11) is 2.14. The van der Waals surface area contributed by atoms with Crippen LogP contribution in [0.4, 0.5) is 0 Å². The van der Waals surface area contributed by atoms with Crippen molar-refractivity contribution in [3.8, 4) is 0 Å². The Balaban J connectivity index is 1.86. The Bertz CT molecular complexity index is 381. The number of aromatic nitrogens is 1. The van der Waals surface area contributed by atoms with E-state index < -0.39 is 5.97 Å². The normalized spacial score (nSPS) is 18.4. The summed E-state index contributed by atoms with van der Waals surface area (Å²) in [6.45, 7) is 5.27. The molecule has 0 unspecified atom stereocenters. The molecule has 0 spiro atoms. The lowest BCUT2D eigenvalue weighted by Gasteiger charge is -2.32. The van der Waals surface area contributed by atoms with E-state index in [2.05, 4.69) is 21.8 Å². The number of nitrogens with zero attached hydrogens (tertiary/aromatic N) is 2. The lowest BCUT2D eigenvalue weighted by Crippen LogP contribution is -2.43. The molecule has 5 heteroatoms. The van der Waals surface area contributed by atoms with Gasteiger partial charge >= 0.3 is 5.97 Å². The van der Waals surface area contributed by atoms with Crippen molar-refractivity contribution in [3.63, 3.8) is 0 Å². The Morgan fingerprint density at radius 2 is 2.12 bits per heavy atom. The van der Waals surface area contributed by atoms with Gasteiger partial charge < -0.3 is 15.0 Å². The molecule has 0 bridgehead atoms. The fourth-order valence-corrected chi connectivity index (χ4v) is 2.11. The van der Waals surface area contributed by atoms with Crippen molar-refractivity contribution in [1.82, 2.24) is 14.8 Å². The maximum atomic E-state index is 10.6. The van der Waals surface area contributed by atoms with Crippen LogP contribution in [0.1, 0.15) is 11.3 Å². The molecule has 0 aromatic carbocycles. The third-order valence-corrected chi connectivity index (χ3v) is 3.15. The van der Waals surface area contributed by atoms with Crippen LogP contribution in [0.25, 0.3) is 0 Å². The summed E-state index contributed by atoms with van der Waals surface area (Å²) in [6.07, 6.45) is 1.99. The summed E-state index contributed by atoms with van der Waals surface area (Å²) in [4.78, 5) is 18.3. The third-order valence-electron chi connectivity index (χ3n) is 3.15. The Labute approximate surface area is 101 Å². The number of nitrogens with one attached hydrogen (secondary N) is 1. The smallest absolute Gasteiger partial charge is 0.309 e. The maximum Gasteiger partial charge on any atom is 0.309 e. The molecule has 1 aliphatic rings. The Morgan fingerprint density at radius 1 is 1.41 bits per heavy atom. The van der Waals surface area contributed by atoms with Gasteiger partial charge in [-0.3, -0.25) is 9.69 Å². The number of hydrogen-bond acceptors (Lipinski definition) is 3. The minimum Gasteiger partial charge on any atom is -0.481 e. The first-order chi connectivity index (χ1) is 8.13. The SMILES string of the molecule is CN1CCN(Cc2c[nH]c(CC(=O)O)c2)CC1. The van der Waals surface area contributed by atoms with Gasteiger partial charge in [-0.05, 0) is 18.7 Å². The molecule has 1 saturated heterocycles. The van der Waals surface area contributed by atoms with Crippen LogP contribution >= 0.6 is 0 Å². The summed E-state index contributed by atoms with van der Waals surface area (Å²) < 4.78 is 0. The molecule has 2 rings (SSSR count). The summed E-state index contributed by atoms with van der Waals surface area (Å²) in [5.41, 5.74) is 1.95. The number of aromatic amines is 1. The number of carboxylic acid groups (broad SMARTS) is 1. The van der Waals surface area contributed by atoms with Gasteiger partial charge in [0.15, 0.2) is 0 Å². The van der Waals surface area contributed by atoms with Crippen molar-refractivity contribution in [2.24, 2.45) is 0 Å². The molecule has 0 aliphatic carbocycles. The molecular formula is C12H19N3O2. The number of H-pyrrole nitrogens is 1. The molecule has 0 amide bonds.